The number of methoxy groups -OCH3 is 1. The zero-order valence-corrected chi connectivity index (χ0v) is 17.5. The van der Waals surface area contributed by atoms with Gasteiger partial charge in [-0.2, -0.15) is 5.10 Å². The number of hydrogen-bond acceptors (Lipinski definition) is 7. The first kappa shape index (κ1) is 22.7. The van der Waals surface area contributed by atoms with Crippen LogP contribution in [0.1, 0.15) is 43.6 Å². The number of nitro benzene ring substituents is 1. The summed E-state index contributed by atoms with van der Waals surface area (Å²) in [6, 6.07) is 9.05. The zero-order chi connectivity index (χ0) is 22.3. The second-order valence-corrected chi connectivity index (χ2v) is 6.87. The fraction of sp³-hybridized carbons (Fsp3) is 0.333. The predicted octanol–water partition coefficient (Wildman–Crippen LogP) is 3.94. The van der Waals surface area contributed by atoms with Crippen molar-refractivity contribution in [2.75, 3.05) is 7.11 Å². The van der Waals surface area contributed by atoms with Crippen molar-refractivity contribution < 1.29 is 23.9 Å². The maximum Gasteiger partial charge on any atom is 0.275 e. The van der Waals surface area contributed by atoms with Crippen LogP contribution in [-0.2, 0) is 0 Å². The Labute approximate surface area is 174 Å². The molecule has 0 atom stereocenters. The minimum atomic E-state index is -0.641. The van der Waals surface area contributed by atoms with Crippen LogP contribution < -0.4 is 19.6 Å². The number of carbonyl (C=O) groups is 1. The fourth-order valence-electron chi connectivity index (χ4n) is 2.53. The molecule has 0 saturated heterocycles. The lowest BCUT2D eigenvalue weighted by Gasteiger charge is -2.15. The van der Waals surface area contributed by atoms with E-state index in [-0.39, 0.29) is 29.2 Å². The summed E-state index contributed by atoms with van der Waals surface area (Å²) in [5.41, 5.74) is 2.77. The summed E-state index contributed by atoms with van der Waals surface area (Å²) >= 11 is 0. The zero-order valence-electron chi connectivity index (χ0n) is 17.5. The van der Waals surface area contributed by atoms with Crippen LogP contribution in [0.3, 0.4) is 0 Å². The van der Waals surface area contributed by atoms with Gasteiger partial charge in [0.2, 0.25) is 0 Å². The smallest absolute Gasteiger partial charge is 0.275 e. The number of ether oxygens (including phenoxy) is 3. The van der Waals surface area contributed by atoms with Gasteiger partial charge in [0.15, 0.2) is 0 Å². The highest BCUT2D eigenvalue weighted by Crippen LogP contribution is 2.26. The first-order valence-corrected chi connectivity index (χ1v) is 9.34. The Morgan fingerprint density at radius 1 is 1.07 bits per heavy atom. The monoisotopic (exact) mass is 415 g/mol. The molecule has 2 rings (SSSR count). The lowest BCUT2D eigenvalue weighted by Crippen LogP contribution is -2.19. The van der Waals surface area contributed by atoms with E-state index in [0.717, 1.165) is 6.07 Å². The molecule has 2 aromatic rings. The van der Waals surface area contributed by atoms with Crippen molar-refractivity contribution >= 4 is 17.8 Å². The van der Waals surface area contributed by atoms with Crippen molar-refractivity contribution in [3.63, 3.8) is 0 Å². The quantitative estimate of drug-likeness (QED) is 0.377. The minimum absolute atomic E-state index is 0.00295. The Hall–Kier alpha value is -3.62. The minimum Gasteiger partial charge on any atom is -0.496 e. The molecule has 0 heterocycles. The molecule has 0 unspecified atom stereocenters. The van der Waals surface area contributed by atoms with Gasteiger partial charge in [0.25, 0.3) is 11.6 Å². The number of non-ortho nitro benzene ring substituents is 1. The van der Waals surface area contributed by atoms with Crippen molar-refractivity contribution in [3.05, 3.63) is 57.6 Å². The highest BCUT2D eigenvalue weighted by atomic mass is 16.6. The molecule has 0 aliphatic heterocycles. The summed E-state index contributed by atoms with van der Waals surface area (Å²) in [6.07, 6.45) is 1.37. The molecule has 0 spiro atoms. The number of benzene rings is 2. The Balaban J connectivity index is 2.22. The second kappa shape index (κ2) is 10.2. The molecule has 0 aliphatic carbocycles. The van der Waals surface area contributed by atoms with Crippen molar-refractivity contribution in [2.24, 2.45) is 5.10 Å². The first-order chi connectivity index (χ1) is 14.2. The van der Waals surface area contributed by atoms with Crippen LogP contribution in [0.4, 0.5) is 5.69 Å². The average molecular weight is 415 g/mol. The molecule has 160 valence electrons. The summed E-state index contributed by atoms with van der Waals surface area (Å²) in [6.45, 7) is 7.65. The van der Waals surface area contributed by atoms with Gasteiger partial charge in [-0.1, -0.05) is 0 Å². The van der Waals surface area contributed by atoms with Gasteiger partial charge < -0.3 is 14.2 Å². The van der Waals surface area contributed by atoms with E-state index in [1.54, 1.807) is 18.2 Å². The summed E-state index contributed by atoms with van der Waals surface area (Å²) in [4.78, 5) is 22.8. The van der Waals surface area contributed by atoms with Crippen LogP contribution in [-0.4, -0.2) is 36.4 Å². The summed E-state index contributed by atoms with van der Waals surface area (Å²) in [5, 5.41) is 14.9. The lowest BCUT2D eigenvalue weighted by molar-refractivity contribution is -0.384. The molecule has 0 radical (unpaired) electrons. The maximum atomic E-state index is 12.4. The summed E-state index contributed by atoms with van der Waals surface area (Å²) in [7, 11) is 1.37. The van der Waals surface area contributed by atoms with Crippen LogP contribution >= 0.6 is 0 Å². The van der Waals surface area contributed by atoms with E-state index in [1.165, 1.54) is 25.5 Å². The third-order valence-electron chi connectivity index (χ3n) is 3.73. The van der Waals surface area contributed by atoms with E-state index in [2.05, 4.69) is 10.5 Å². The molecule has 0 aliphatic rings. The van der Waals surface area contributed by atoms with Gasteiger partial charge in [0.05, 0.1) is 36.0 Å². The molecule has 2 aromatic carbocycles. The first-order valence-electron chi connectivity index (χ1n) is 9.34. The molecule has 0 fully saturated rings. The van der Waals surface area contributed by atoms with Crippen LogP contribution in [0.2, 0.25) is 0 Å². The molecule has 0 bridgehead atoms. The maximum absolute atomic E-state index is 12.4. The molecule has 1 amide bonds. The summed E-state index contributed by atoms with van der Waals surface area (Å²) in [5.74, 6) is 0.766. The van der Waals surface area contributed by atoms with E-state index >= 15 is 0 Å². The van der Waals surface area contributed by atoms with E-state index in [1.807, 2.05) is 27.7 Å². The van der Waals surface area contributed by atoms with Crippen molar-refractivity contribution in [1.82, 2.24) is 5.43 Å². The van der Waals surface area contributed by atoms with Gasteiger partial charge in [-0.05, 0) is 45.9 Å². The second-order valence-electron chi connectivity index (χ2n) is 6.87. The molecule has 30 heavy (non-hydrogen) atoms. The number of nitrogens with one attached hydrogen (secondary N) is 1. The van der Waals surface area contributed by atoms with Crippen LogP contribution in [0.5, 0.6) is 17.2 Å². The Morgan fingerprint density at radius 3 is 2.37 bits per heavy atom. The number of rotatable bonds is 9. The summed E-state index contributed by atoms with van der Waals surface area (Å²) < 4.78 is 16.6. The van der Waals surface area contributed by atoms with Crippen LogP contribution in [0, 0.1) is 10.1 Å². The number of nitro groups is 1. The van der Waals surface area contributed by atoms with Gasteiger partial charge in [0.1, 0.15) is 17.2 Å². The number of amides is 1. The Morgan fingerprint density at radius 2 is 1.77 bits per heavy atom. The van der Waals surface area contributed by atoms with Gasteiger partial charge in [-0.3, -0.25) is 14.9 Å². The normalized spacial score (nSPS) is 11.0. The highest BCUT2D eigenvalue weighted by molar-refractivity contribution is 5.98. The number of hydrogen-bond donors (Lipinski definition) is 1. The standard InChI is InChI=1S/C21H25N3O6/c1-13(2)29-17-8-6-15(20(11-17)30-14(3)4)12-22-23-21(25)18-10-16(24(26)27)7-9-19(18)28-5/h6-14H,1-5H3,(H,23,25)/b22-12-. The largest absolute Gasteiger partial charge is 0.496 e. The molecular weight excluding hydrogens is 390 g/mol. The van der Waals surface area contributed by atoms with E-state index in [4.69, 9.17) is 14.2 Å². The van der Waals surface area contributed by atoms with E-state index in [9.17, 15) is 14.9 Å². The van der Waals surface area contributed by atoms with E-state index in [0.29, 0.717) is 17.1 Å². The topological polar surface area (TPSA) is 112 Å². The molecular formula is C21H25N3O6. The molecule has 9 heteroatoms. The van der Waals surface area contributed by atoms with E-state index < -0.39 is 10.8 Å². The van der Waals surface area contributed by atoms with Crippen molar-refractivity contribution in [3.8, 4) is 17.2 Å². The van der Waals surface area contributed by atoms with Crippen LogP contribution in [0.15, 0.2) is 41.5 Å². The third kappa shape index (κ3) is 6.20. The molecule has 0 aromatic heterocycles. The molecule has 1 N–H and O–H groups in total. The average Bonchev–Trinajstić information content (AvgIpc) is 2.68. The lowest BCUT2D eigenvalue weighted by atomic mass is 10.1. The van der Waals surface area contributed by atoms with Gasteiger partial charge >= 0.3 is 0 Å². The number of nitrogens with zero attached hydrogens (tertiary/aromatic N) is 2. The Bertz CT molecular complexity index is 940. The SMILES string of the molecule is COc1ccc([N+](=O)[O-])cc1C(=O)N/N=C\c1ccc(OC(C)C)cc1OC(C)C. The van der Waals surface area contributed by atoms with Gasteiger partial charge in [-0.15, -0.1) is 0 Å². The number of carbonyl (C=O) groups excluding carboxylic acids is 1. The number of hydrazone groups is 1. The highest BCUT2D eigenvalue weighted by Gasteiger charge is 2.17. The fourth-order valence-corrected chi connectivity index (χ4v) is 2.53. The molecule has 9 nitrogen and oxygen atoms in total. The predicted molar refractivity (Wildman–Crippen MR) is 113 cm³/mol. The Kier molecular flexibility index (Phi) is 7.74. The molecule has 0 saturated carbocycles. The van der Waals surface area contributed by atoms with Crippen molar-refractivity contribution in [1.29, 1.82) is 0 Å². The van der Waals surface area contributed by atoms with Crippen molar-refractivity contribution in [2.45, 2.75) is 39.9 Å². The van der Waals surface area contributed by atoms with Crippen LogP contribution in [0.25, 0.3) is 0 Å². The van der Waals surface area contributed by atoms with Gasteiger partial charge in [-0.25, -0.2) is 5.43 Å². The van der Waals surface area contributed by atoms with Gasteiger partial charge in [0, 0.05) is 23.8 Å². The third-order valence-corrected chi connectivity index (χ3v) is 3.73.